The average molecular weight is 1400 g/mol. The van der Waals surface area contributed by atoms with Crippen molar-refractivity contribution < 1.29 is 0 Å². The van der Waals surface area contributed by atoms with Crippen LogP contribution in [0.25, 0.3) is 199 Å². The molecule has 2 heterocycles. The maximum atomic E-state index is 2.49. The predicted octanol–water partition coefficient (Wildman–Crippen LogP) is 29.7. The quantitative estimate of drug-likeness (QED) is 0.108. The maximum Gasteiger partial charge on any atom is 0.0641 e. The minimum Gasteiger partial charge on any atom is -0.309 e. The highest BCUT2D eigenvalue weighted by molar-refractivity contribution is 6.28. The molecule has 0 spiro atoms. The average Bonchev–Trinajstić information content (AvgIpc) is 1.53. The van der Waals surface area contributed by atoms with Gasteiger partial charge < -0.3 is 9.13 Å². The van der Waals surface area contributed by atoms with Gasteiger partial charge in [-0.15, -0.1) is 0 Å². The zero-order chi connectivity index (χ0) is 72.9. The van der Waals surface area contributed by atoms with Crippen LogP contribution in [0.5, 0.6) is 0 Å². The van der Waals surface area contributed by atoms with Crippen molar-refractivity contribution in [1.82, 2.24) is 9.13 Å². The molecule has 0 atom stereocenters. The number of nitrogens with zero attached hydrogens (tertiary/aromatic N) is 2. The first-order valence-electron chi connectivity index (χ1n) is 37.9. The minimum atomic E-state index is 1.14. The van der Waals surface area contributed by atoms with Gasteiger partial charge in [0, 0.05) is 32.9 Å². The molecule has 21 aromatic rings. The van der Waals surface area contributed by atoms with Gasteiger partial charge >= 0.3 is 0 Å². The van der Waals surface area contributed by atoms with E-state index in [1.807, 2.05) is 0 Å². The highest BCUT2D eigenvalue weighted by Gasteiger charge is 2.22. The summed E-state index contributed by atoms with van der Waals surface area (Å²) in [5.41, 5.74) is 31.3. The molecule has 0 bridgehead atoms. The molecule has 0 saturated heterocycles. The smallest absolute Gasteiger partial charge is 0.0641 e. The molecular formula is C108H72N2. The summed E-state index contributed by atoms with van der Waals surface area (Å²) in [6.45, 7) is 0. The lowest BCUT2D eigenvalue weighted by atomic mass is 9.89. The van der Waals surface area contributed by atoms with Gasteiger partial charge in [0.1, 0.15) is 0 Å². The molecule has 0 amide bonds. The number of para-hydroxylation sites is 2. The first kappa shape index (κ1) is 65.1. The van der Waals surface area contributed by atoms with Crippen LogP contribution in [0.1, 0.15) is 0 Å². The Morgan fingerprint density at radius 2 is 0.364 bits per heavy atom. The first-order valence-corrected chi connectivity index (χ1v) is 37.9. The van der Waals surface area contributed by atoms with Crippen LogP contribution in [-0.2, 0) is 0 Å². The van der Waals surface area contributed by atoms with Gasteiger partial charge in [-0.2, -0.15) is 0 Å². The standard InChI is InChI=1S/C54H36N2.C54H36/c1-3-15-37(16-4-1)39-19-11-21-41(33-39)43-23-13-25-45(35-43)55-51-30-10-8-28-49(51)53-52(55)32-31-48-47-27-7-9-29-50(47)56(54(48)53)46-26-14-24-44(36-46)42-22-12-20-40(34-42)38-17-5-2-6-18-38;1-3-13-37(14-4-1)39-17-9-19-41(31-39)43-21-11-23-45(33-43)47-27-29-51-49-25-7-8-26-50(49)52-30-28-48(36-54(52)53(51)35-47)46-24-12-22-44(34-46)42-20-10-18-40(32-42)38-15-5-2-6-16-38/h1-36H;1-36H. The summed E-state index contributed by atoms with van der Waals surface area (Å²) in [4.78, 5) is 0. The summed E-state index contributed by atoms with van der Waals surface area (Å²) in [5.74, 6) is 0. The fourth-order valence-corrected chi connectivity index (χ4v) is 16.8. The van der Waals surface area contributed by atoms with Crippen molar-refractivity contribution >= 4 is 75.9 Å². The van der Waals surface area contributed by atoms with Crippen molar-refractivity contribution in [3.05, 3.63) is 437 Å². The van der Waals surface area contributed by atoms with Crippen LogP contribution in [0.15, 0.2) is 437 Å². The van der Waals surface area contributed by atoms with Crippen LogP contribution in [-0.4, -0.2) is 9.13 Å². The summed E-state index contributed by atoms with van der Waals surface area (Å²) < 4.78 is 4.93. The van der Waals surface area contributed by atoms with E-state index < -0.39 is 0 Å². The molecular weight excluding hydrogens is 1330 g/mol. The predicted molar refractivity (Wildman–Crippen MR) is 468 cm³/mol. The summed E-state index contributed by atoms with van der Waals surface area (Å²) >= 11 is 0. The molecule has 2 heteroatoms. The van der Waals surface area contributed by atoms with E-state index in [2.05, 4.69) is 446 Å². The number of rotatable bonds is 12. The van der Waals surface area contributed by atoms with Crippen molar-refractivity contribution in [3.8, 4) is 123 Å². The third kappa shape index (κ3) is 12.1. The Morgan fingerprint density at radius 3 is 0.727 bits per heavy atom. The number of benzene rings is 19. The van der Waals surface area contributed by atoms with Gasteiger partial charge in [-0.25, -0.2) is 0 Å². The van der Waals surface area contributed by atoms with Crippen molar-refractivity contribution in [3.63, 3.8) is 0 Å². The third-order valence-electron chi connectivity index (χ3n) is 22.1. The second-order valence-electron chi connectivity index (χ2n) is 28.7. The molecule has 0 aliphatic carbocycles. The van der Waals surface area contributed by atoms with Gasteiger partial charge in [-0.1, -0.05) is 346 Å². The van der Waals surface area contributed by atoms with Crippen LogP contribution < -0.4 is 0 Å². The highest BCUT2D eigenvalue weighted by Crippen LogP contribution is 2.45. The van der Waals surface area contributed by atoms with Crippen LogP contribution in [0.4, 0.5) is 0 Å². The Hall–Kier alpha value is -14.4. The lowest BCUT2D eigenvalue weighted by Crippen LogP contribution is -1.96. The van der Waals surface area contributed by atoms with Crippen molar-refractivity contribution in [2.45, 2.75) is 0 Å². The lowest BCUT2D eigenvalue weighted by molar-refractivity contribution is 1.17. The molecule has 0 N–H and O–H groups in total. The van der Waals surface area contributed by atoms with E-state index in [1.54, 1.807) is 0 Å². The molecule has 0 radical (unpaired) electrons. The van der Waals surface area contributed by atoms with E-state index in [9.17, 15) is 0 Å². The molecule has 2 aromatic heterocycles. The van der Waals surface area contributed by atoms with Crippen LogP contribution in [0.3, 0.4) is 0 Å². The molecule has 514 valence electrons. The molecule has 2 nitrogen and oxygen atoms in total. The van der Waals surface area contributed by atoms with Gasteiger partial charge in [-0.3, -0.25) is 0 Å². The number of aromatic nitrogens is 2. The molecule has 0 saturated carbocycles. The first-order chi connectivity index (χ1) is 54.5. The van der Waals surface area contributed by atoms with Gasteiger partial charge in [0.2, 0.25) is 0 Å². The Bertz CT molecular complexity index is 6860. The summed E-state index contributed by atoms with van der Waals surface area (Å²) in [7, 11) is 0. The lowest BCUT2D eigenvalue weighted by Gasteiger charge is -2.14. The van der Waals surface area contributed by atoms with E-state index in [0.717, 1.165) is 11.4 Å². The van der Waals surface area contributed by atoms with Crippen LogP contribution >= 0.6 is 0 Å². The fourth-order valence-electron chi connectivity index (χ4n) is 16.8. The molecule has 19 aromatic carbocycles. The van der Waals surface area contributed by atoms with E-state index in [-0.39, 0.29) is 0 Å². The summed E-state index contributed by atoms with van der Waals surface area (Å²) in [6.07, 6.45) is 0. The maximum absolute atomic E-state index is 2.49. The zero-order valence-electron chi connectivity index (χ0n) is 60.5. The largest absolute Gasteiger partial charge is 0.309 e. The number of fused-ring (bicyclic) bond motifs is 13. The molecule has 0 aliphatic rings. The monoisotopic (exact) mass is 1400 g/mol. The topological polar surface area (TPSA) is 9.86 Å². The molecule has 110 heavy (non-hydrogen) atoms. The highest BCUT2D eigenvalue weighted by atomic mass is 15.0. The Kier molecular flexibility index (Phi) is 16.6. The SMILES string of the molecule is c1ccc(-c2cccc(-c3cccc(-c4ccc5c6ccccc6c6ccc(-c7cccc(-c8cccc(-c9ccccc9)c8)c7)cc6c5c4)c3)c2)cc1.c1ccc(-c2cccc(-c3cccc(-n4c5ccccc5c5c4ccc4c6ccccc6n(-c6cccc(-c7cccc(-c8ccccc8)c7)c6)c45)c3)c2)cc1. The van der Waals surface area contributed by atoms with Crippen molar-refractivity contribution in [2.75, 3.05) is 0 Å². The molecule has 0 fully saturated rings. The summed E-state index contributed by atoms with van der Waals surface area (Å²) in [6, 6.07) is 159. The van der Waals surface area contributed by atoms with Gasteiger partial charge in [0.15, 0.2) is 0 Å². The van der Waals surface area contributed by atoms with Gasteiger partial charge in [-0.05, 0) is 235 Å². The molecule has 0 unspecified atom stereocenters. The number of hydrogen-bond donors (Lipinski definition) is 0. The Balaban J connectivity index is 0.000000144. The Morgan fingerprint density at radius 1 is 0.118 bits per heavy atom. The van der Waals surface area contributed by atoms with Crippen molar-refractivity contribution in [2.24, 2.45) is 0 Å². The van der Waals surface area contributed by atoms with Crippen LogP contribution in [0.2, 0.25) is 0 Å². The van der Waals surface area contributed by atoms with Gasteiger partial charge in [0.25, 0.3) is 0 Å². The van der Waals surface area contributed by atoms with E-state index in [1.165, 1.54) is 187 Å². The third-order valence-corrected chi connectivity index (χ3v) is 22.1. The number of hydrogen-bond acceptors (Lipinski definition) is 0. The zero-order valence-corrected chi connectivity index (χ0v) is 60.5. The van der Waals surface area contributed by atoms with Crippen LogP contribution in [0, 0.1) is 0 Å². The molecule has 21 rings (SSSR count). The van der Waals surface area contributed by atoms with Crippen molar-refractivity contribution in [1.29, 1.82) is 0 Å². The minimum absolute atomic E-state index is 1.14. The fraction of sp³-hybridized carbons (Fsp3) is 0. The normalized spacial score (nSPS) is 11.5. The van der Waals surface area contributed by atoms with E-state index >= 15 is 0 Å². The van der Waals surface area contributed by atoms with E-state index in [0.29, 0.717) is 0 Å². The second kappa shape index (κ2) is 28.1. The Labute approximate surface area is 640 Å². The van der Waals surface area contributed by atoms with Gasteiger partial charge in [0.05, 0.1) is 22.1 Å². The van der Waals surface area contributed by atoms with E-state index in [4.69, 9.17) is 0 Å². The molecule has 0 aliphatic heterocycles. The second-order valence-corrected chi connectivity index (χ2v) is 28.7. The summed E-state index contributed by atoms with van der Waals surface area (Å²) in [5, 5.41) is 12.6.